The van der Waals surface area contributed by atoms with Crippen molar-refractivity contribution in [2.24, 2.45) is 23.7 Å². The standard InChI is InChI=1S/C41H32ClFN4O7/c1-2-5-22-6-3-9-31(36(22)48)35-29-18-19-30-34(39(51)45(37(30)49)27-7-4-8-28(20-27)47(53)54)32(29)21-33-38(50)46(44-26-16-14-25(43)15-17-26)40(52)41(33,35)23-10-12-24(42)13-11-23/h2-4,6-18,20,30,32-35,44,48H,1,5,19,21H2. The highest BCUT2D eigenvalue weighted by Gasteiger charge is 2.70. The summed E-state index contributed by atoms with van der Waals surface area (Å²) < 4.78 is 13.9. The number of benzene rings is 4. The van der Waals surface area contributed by atoms with Crippen LogP contribution in [-0.2, 0) is 31.0 Å². The average molecular weight is 747 g/mol. The molecule has 1 saturated carbocycles. The van der Waals surface area contributed by atoms with E-state index in [0.29, 0.717) is 33.7 Å². The molecule has 4 amide bonds. The topological polar surface area (TPSA) is 150 Å². The molecule has 0 bridgehead atoms. The van der Waals surface area contributed by atoms with E-state index in [0.717, 1.165) is 9.91 Å². The van der Waals surface area contributed by atoms with Crippen molar-refractivity contribution in [3.8, 4) is 5.75 Å². The largest absolute Gasteiger partial charge is 0.507 e. The van der Waals surface area contributed by atoms with Crippen LogP contribution in [0.1, 0.15) is 35.4 Å². The van der Waals surface area contributed by atoms with Gasteiger partial charge >= 0.3 is 0 Å². The summed E-state index contributed by atoms with van der Waals surface area (Å²) >= 11 is 6.35. The fourth-order valence-corrected chi connectivity index (χ4v) is 9.29. The van der Waals surface area contributed by atoms with E-state index in [4.69, 9.17) is 11.6 Å². The van der Waals surface area contributed by atoms with Crippen LogP contribution in [0.25, 0.3) is 0 Å². The maximum atomic E-state index is 15.3. The maximum Gasteiger partial charge on any atom is 0.271 e. The Balaban J connectivity index is 1.33. The molecule has 2 aliphatic heterocycles. The molecule has 2 N–H and O–H groups in total. The highest BCUT2D eigenvalue weighted by molar-refractivity contribution is 6.30. The molecule has 11 nitrogen and oxygen atoms in total. The molecule has 2 saturated heterocycles. The molecule has 4 aliphatic rings. The van der Waals surface area contributed by atoms with Crippen molar-refractivity contribution in [3.63, 3.8) is 0 Å². The number of nitro benzene ring substituents is 1. The van der Waals surface area contributed by atoms with Gasteiger partial charge in [-0.2, -0.15) is 5.01 Å². The number of amides is 4. The van der Waals surface area contributed by atoms with Crippen LogP contribution in [0, 0.1) is 39.6 Å². The van der Waals surface area contributed by atoms with Crippen LogP contribution in [0.5, 0.6) is 5.75 Å². The van der Waals surface area contributed by atoms with Crippen LogP contribution in [-0.4, -0.2) is 38.7 Å². The van der Waals surface area contributed by atoms with E-state index in [1.54, 1.807) is 48.5 Å². The van der Waals surface area contributed by atoms with Gasteiger partial charge in [0.05, 0.1) is 39.5 Å². The van der Waals surface area contributed by atoms with Crippen LogP contribution in [0.2, 0.25) is 5.02 Å². The molecule has 54 heavy (non-hydrogen) atoms. The summed E-state index contributed by atoms with van der Waals surface area (Å²) in [6.45, 7) is 3.82. The number of nitro groups is 1. The Morgan fingerprint density at radius 2 is 1.69 bits per heavy atom. The van der Waals surface area contributed by atoms with Crippen molar-refractivity contribution in [2.45, 2.75) is 30.6 Å². The minimum Gasteiger partial charge on any atom is -0.507 e. The molecule has 4 aromatic carbocycles. The SMILES string of the molecule is C=CCc1cccc(C2C3=CCC4C(=O)N(c5cccc([N+](=O)[O-])c5)C(=O)C4C3CC3C(=O)N(Nc4ccc(F)cc4)C(=O)C32c2ccc(Cl)cc2)c1O. The molecule has 4 aromatic rings. The van der Waals surface area contributed by atoms with E-state index < -0.39 is 69.4 Å². The summed E-state index contributed by atoms with van der Waals surface area (Å²) in [4.78, 5) is 70.7. The van der Waals surface area contributed by atoms with Gasteiger partial charge < -0.3 is 5.11 Å². The fraction of sp³-hybridized carbons (Fsp3) is 0.220. The molecule has 8 rings (SSSR count). The highest BCUT2D eigenvalue weighted by atomic mass is 35.5. The number of carbonyl (C=O) groups excluding carboxylic acids is 4. The number of para-hydroxylation sites is 1. The lowest BCUT2D eigenvalue weighted by Crippen LogP contribution is -2.53. The van der Waals surface area contributed by atoms with Gasteiger partial charge in [0.25, 0.3) is 17.5 Å². The lowest BCUT2D eigenvalue weighted by molar-refractivity contribution is -0.384. The van der Waals surface area contributed by atoms with Gasteiger partial charge in [0.2, 0.25) is 11.8 Å². The van der Waals surface area contributed by atoms with E-state index in [1.165, 1.54) is 48.5 Å². The normalized spacial score (nSPS) is 25.9. The predicted octanol–water partition coefficient (Wildman–Crippen LogP) is 7.01. The quantitative estimate of drug-likeness (QED) is 0.0847. The summed E-state index contributed by atoms with van der Waals surface area (Å²) in [5.41, 5.74) is 3.21. The number of fused-ring (bicyclic) bond motifs is 4. The first-order valence-corrected chi connectivity index (χ1v) is 17.8. The number of imide groups is 2. The first-order chi connectivity index (χ1) is 26.0. The minimum atomic E-state index is -1.68. The highest BCUT2D eigenvalue weighted by Crippen LogP contribution is 2.65. The molecule has 13 heteroatoms. The number of nitrogens with one attached hydrogen (secondary N) is 1. The number of rotatable bonds is 8. The molecule has 6 unspecified atom stereocenters. The molecule has 0 spiro atoms. The fourth-order valence-electron chi connectivity index (χ4n) is 9.16. The number of halogens is 2. The minimum absolute atomic E-state index is 0.0206. The van der Waals surface area contributed by atoms with Gasteiger partial charge in [-0.15, -0.1) is 6.58 Å². The van der Waals surface area contributed by atoms with Crippen molar-refractivity contribution in [1.29, 1.82) is 0 Å². The molecule has 6 atom stereocenters. The summed E-state index contributed by atoms with van der Waals surface area (Å²) in [6.07, 6.45) is 3.87. The zero-order valence-electron chi connectivity index (χ0n) is 28.5. The number of non-ortho nitro benzene ring substituents is 1. The van der Waals surface area contributed by atoms with Crippen molar-refractivity contribution in [2.75, 3.05) is 10.3 Å². The Bertz CT molecular complexity index is 2310. The Morgan fingerprint density at radius 1 is 0.963 bits per heavy atom. The molecule has 0 aromatic heterocycles. The third-order valence-electron chi connectivity index (χ3n) is 11.4. The Morgan fingerprint density at radius 3 is 2.39 bits per heavy atom. The van der Waals surface area contributed by atoms with Crippen molar-refractivity contribution in [3.05, 3.63) is 153 Å². The molecule has 3 fully saturated rings. The third kappa shape index (κ3) is 5.15. The van der Waals surface area contributed by atoms with Gasteiger partial charge in [-0.1, -0.05) is 65.7 Å². The van der Waals surface area contributed by atoms with Crippen molar-refractivity contribution in [1.82, 2.24) is 5.01 Å². The number of nitrogens with zero attached hydrogens (tertiary/aromatic N) is 3. The zero-order chi connectivity index (χ0) is 38.1. The Hall–Kier alpha value is -6.14. The summed E-state index contributed by atoms with van der Waals surface area (Å²) in [7, 11) is 0. The first kappa shape index (κ1) is 34.9. The summed E-state index contributed by atoms with van der Waals surface area (Å²) in [5.74, 6) is -7.63. The van der Waals surface area contributed by atoms with Gasteiger partial charge in [-0.05, 0) is 78.8 Å². The van der Waals surface area contributed by atoms with Crippen LogP contribution < -0.4 is 10.3 Å². The van der Waals surface area contributed by atoms with Gasteiger partial charge in [0.1, 0.15) is 11.6 Å². The zero-order valence-corrected chi connectivity index (χ0v) is 29.3. The molecule has 2 heterocycles. The van der Waals surface area contributed by atoms with E-state index in [2.05, 4.69) is 12.0 Å². The van der Waals surface area contributed by atoms with Crippen LogP contribution in [0.3, 0.4) is 0 Å². The number of phenols is 1. The van der Waals surface area contributed by atoms with Gasteiger partial charge in [-0.25, -0.2) is 9.29 Å². The monoisotopic (exact) mass is 746 g/mol. The van der Waals surface area contributed by atoms with E-state index in [9.17, 15) is 34.0 Å². The van der Waals surface area contributed by atoms with E-state index in [1.807, 2.05) is 6.08 Å². The number of aromatic hydroxyl groups is 1. The van der Waals surface area contributed by atoms with Crippen LogP contribution >= 0.6 is 11.6 Å². The van der Waals surface area contributed by atoms with Crippen molar-refractivity contribution < 1.29 is 33.6 Å². The molecular weight excluding hydrogens is 715 g/mol. The number of hydrogen-bond acceptors (Lipinski definition) is 8. The lowest BCUT2D eigenvalue weighted by Gasteiger charge is -2.50. The first-order valence-electron chi connectivity index (χ1n) is 17.4. The second-order valence-electron chi connectivity index (χ2n) is 14.0. The number of anilines is 2. The smallest absolute Gasteiger partial charge is 0.271 e. The molecular formula is C41H32ClFN4O7. The van der Waals surface area contributed by atoms with E-state index >= 15 is 4.79 Å². The lowest BCUT2D eigenvalue weighted by atomic mass is 9.49. The number of carbonyl (C=O) groups is 4. The van der Waals surface area contributed by atoms with Gasteiger partial charge in [0, 0.05) is 28.6 Å². The number of hydrazine groups is 1. The second-order valence-corrected chi connectivity index (χ2v) is 14.4. The summed E-state index contributed by atoms with van der Waals surface area (Å²) in [5, 5.41) is 24.9. The average Bonchev–Trinajstić information content (AvgIpc) is 3.54. The number of phenolic OH excluding ortho intramolecular Hbond substituents is 1. The Kier molecular flexibility index (Phi) is 8.45. The summed E-state index contributed by atoms with van der Waals surface area (Å²) in [6, 6.07) is 22.3. The van der Waals surface area contributed by atoms with Gasteiger partial charge in [-0.3, -0.25) is 34.7 Å². The molecule has 272 valence electrons. The van der Waals surface area contributed by atoms with Crippen LogP contribution in [0.4, 0.5) is 21.5 Å². The molecule has 2 aliphatic carbocycles. The number of hydrogen-bond donors (Lipinski definition) is 2. The predicted molar refractivity (Wildman–Crippen MR) is 197 cm³/mol. The maximum absolute atomic E-state index is 15.3. The van der Waals surface area contributed by atoms with Crippen molar-refractivity contribution >= 4 is 52.3 Å². The molecule has 0 radical (unpaired) electrons. The Labute approximate surface area is 313 Å². The van der Waals surface area contributed by atoms with Gasteiger partial charge in [0.15, 0.2) is 0 Å². The second kappa shape index (κ2) is 13.1. The number of allylic oxidation sites excluding steroid dienone is 3. The van der Waals surface area contributed by atoms with Crippen LogP contribution in [0.15, 0.2) is 115 Å². The third-order valence-corrected chi connectivity index (χ3v) is 11.6. The van der Waals surface area contributed by atoms with E-state index in [-0.39, 0.29) is 35.7 Å².